The van der Waals surface area contributed by atoms with Crippen LogP contribution in [0.15, 0.2) is 48.8 Å². The van der Waals surface area contributed by atoms with Crippen molar-refractivity contribution >= 4 is 22.7 Å². The maximum atomic E-state index is 6.53. The highest BCUT2D eigenvalue weighted by molar-refractivity contribution is 5.95. The van der Waals surface area contributed by atoms with Gasteiger partial charge in [-0.25, -0.2) is 9.97 Å². The van der Waals surface area contributed by atoms with E-state index in [-0.39, 0.29) is 5.41 Å². The molecule has 9 nitrogen and oxygen atoms in total. The Hall–Kier alpha value is -3.85. The summed E-state index contributed by atoms with van der Waals surface area (Å²) in [5, 5.41) is 3.81. The molecule has 1 aliphatic heterocycles. The van der Waals surface area contributed by atoms with Gasteiger partial charge in [-0.05, 0) is 37.9 Å². The number of aromatic nitrogens is 4. The first-order valence-electron chi connectivity index (χ1n) is 12.2. The number of rotatable bonds is 8. The third kappa shape index (κ3) is 4.42. The number of anilines is 2. The molecule has 0 atom stereocenters. The molecule has 2 aromatic heterocycles. The van der Waals surface area contributed by atoms with Gasteiger partial charge in [0.15, 0.2) is 11.5 Å². The predicted molar refractivity (Wildman–Crippen MR) is 142 cm³/mol. The van der Waals surface area contributed by atoms with Gasteiger partial charge in [0.2, 0.25) is 5.95 Å². The van der Waals surface area contributed by atoms with Crippen LogP contribution in [0.1, 0.15) is 29.8 Å². The molecule has 4 aromatic rings. The molecule has 0 amide bonds. The average Bonchev–Trinajstić information content (AvgIpc) is 3.42. The van der Waals surface area contributed by atoms with Crippen molar-refractivity contribution in [1.29, 1.82) is 0 Å². The summed E-state index contributed by atoms with van der Waals surface area (Å²) in [4.78, 5) is 19.3. The number of imidazole rings is 1. The van der Waals surface area contributed by atoms with Crippen LogP contribution in [0.4, 0.5) is 11.8 Å². The molecule has 2 aromatic carbocycles. The second-order valence-electron chi connectivity index (χ2n) is 9.30. The number of aromatic amines is 1. The van der Waals surface area contributed by atoms with Gasteiger partial charge >= 0.3 is 0 Å². The highest BCUT2D eigenvalue weighted by Gasteiger charge is 2.38. The van der Waals surface area contributed by atoms with E-state index in [0.717, 1.165) is 61.2 Å². The second-order valence-corrected chi connectivity index (χ2v) is 9.30. The van der Waals surface area contributed by atoms with E-state index in [0.29, 0.717) is 23.3 Å². The number of nitrogen functional groups attached to an aromatic ring is 1. The Morgan fingerprint density at radius 3 is 2.53 bits per heavy atom. The zero-order valence-electron chi connectivity index (χ0n) is 21.0. The third-order valence-electron chi connectivity index (χ3n) is 7.32. The Morgan fingerprint density at radius 1 is 1.11 bits per heavy atom. The van der Waals surface area contributed by atoms with Crippen LogP contribution in [0.3, 0.4) is 0 Å². The lowest BCUT2D eigenvalue weighted by Crippen LogP contribution is -2.43. The normalized spacial score (nSPS) is 15.6. The van der Waals surface area contributed by atoms with Crippen molar-refractivity contribution < 1.29 is 9.47 Å². The van der Waals surface area contributed by atoms with Crippen LogP contribution >= 0.6 is 0 Å². The van der Waals surface area contributed by atoms with Gasteiger partial charge in [-0.15, -0.1) is 0 Å². The largest absolute Gasteiger partial charge is 0.493 e. The number of fused-ring (bicyclic) bond motifs is 1. The molecule has 0 unspecified atom stereocenters. The Bertz CT molecular complexity index is 1320. The molecule has 0 radical (unpaired) electrons. The van der Waals surface area contributed by atoms with Gasteiger partial charge in [-0.2, -0.15) is 4.98 Å². The van der Waals surface area contributed by atoms with E-state index < -0.39 is 0 Å². The zero-order chi connectivity index (χ0) is 25.1. The molecular weight excluding hydrogens is 454 g/mol. The fourth-order valence-electron chi connectivity index (χ4n) is 5.45. The minimum absolute atomic E-state index is 0.110. The van der Waals surface area contributed by atoms with Crippen molar-refractivity contribution in [2.75, 3.05) is 45.4 Å². The van der Waals surface area contributed by atoms with Crippen LogP contribution < -0.4 is 20.5 Å². The van der Waals surface area contributed by atoms with E-state index in [9.17, 15) is 0 Å². The van der Waals surface area contributed by atoms with Crippen molar-refractivity contribution in [1.82, 2.24) is 24.8 Å². The maximum Gasteiger partial charge on any atom is 0.224 e. The topological polar surface area (TPSA) is 114 Å². The Morgan fingerprint density at radius 2 is 1.89 bits per heavy atom. The second kappa shape index (κ2) is 10.0. The number of nitrogens with one attached hydrogen (secondary N) is 2. The van der Waals surface area contributed by atoms with Crippen molar-refractivity contribution in [2.45, 2.75) is 31.2 Å². The monoisotopic (exact) mass is 487 g/mol. The number of nitrogens with zero attached hydrogens (tertiary/aromatic N) is 4. The molecule has 4 N–H and O–H groups in total. The summed E-state index contributed by atoms with van der Waals surface area (Å²) >= 11 is 0. The van der Waals surface area contributed by atoms with Gasteiger partial charge in [-0.1, -0.05) is 30.3 Å². The summed E-state index contributed by atoms with van der Waals surface area (Å²) in [7, 11) is 5.10. The Kier molecular flexibility index (Phi) is 6.65. The van der Waals surface area contributed by atoms with E-state index in [2.05, 4.69) is 60.5 Å². The smallest absolute Gasteiger partial charge is 0.224 e. The molecule has 9 heteroatoms. The van der Waals surface area contributed by atoms with Gasteiger partial charge in [0, 0.05) is 41.9 Å². The summed E-state index contributed by atoms with van der Waals surface area (Å²) in [5.41, 5.74) is 9.45. The number of hydrogen-bond donors (Lipinski definition) is 3. The molecular formula is C27H33N7O2. The van der Waals surface area contributed by atoms with Gasteiger partial charge in [-0.3, -0.25) is 4.90 Å². The van der Waals surface area contributed by atoms with E-state index in [4.69, 9.17) is 15.2 Å². The highest BCUT2D eigenvalue weighted by Crippen LogP contribution is 2.46. The summed E-state index contributed by atoms with van der Waals surface area (Å²) in [6, 6.07) is 12.6. The van der Waals surface area contributed by atoms with Gasteiger partial charge in [0.25, 0.3) is 0 Å². The molecule has 0 spiro atoms. The fourth-order valence-corrected chi connectivity index (χ4v) is 5.45. The van der Waals surface area contributed by atoms with E-state index in [1.807, 2.05) is 12.3 Å². The molecule has 0 saturated carbocycles. The lowest BCUT2D eigenvalue weighted by atomic mass is 9.68. The first-order chi connectivity index (χ1) is 17.6. The van der Waals surface area contributed by atoms with Crippen LogP contribution in [0.2, 0.25) is 0 Å². The first-order valence-corrected chi connectivity index (χ1v) is 12.2. The minimum atomic E-state index is -0.110. The number of hydrogen-bond acceptors (Lipinski definition) is 8. The number of likely N-dealkylation sites (tertiary alicyclic amines) is 1. The molecule has 1 aliphatic rings. The van der Waals surface area contributed by atoms with Crippen molar-refractivity contribution in [3.05, 3.63) is 65.7 Å². The van der Waals surface area contributed by atoms with Crippen LogP contribution in [0.25, 0.3) is 10.9 Å². The Labute approximate surface area is 211 Å². The van der Waals surface area contributed by atoms with Crippen LogP contribution in [-0.2, 0) is 18.4 Å². The lowest BCUT2D eigenvalue weighted by Gasteiger charge is -2.43. The maximum absolute atomic E-state index is 6.53. The lowest BCUT2D eigenvalue weighted by molar-refractivity contribution is 0.148. The van der Waals surface area contributed by atoms with E-state index in [1.54, 1.807) is 27.5 Å². The summed E-state index contributed by atoms with van der Waals surface area (Å²) in [6.07, 6.45) is 6.37. The molecule has 188 valence electrons. The van der Waals surface area contributed by atoms with Crippen LogP contribution in [0.5, 0.6) is 11.5 Å². The number of ether oxygens (including phenoxy) is 2. The van der Waals surface area contributed by atoms with Gasteiger partial charge in [0.05, 0.1) is 26.3 Å². The molecule has 1 fully saturated rings. The van der Waals surface area contributed by atoms with Crippen molar-refractivity contribution in [2.24, 2.45) is 0 Å². The highest BCUT2D eigenvalue weighted by atomic mass is 16.5. The van der Waals surface area contributed by atoms with Crippen molar-refractivity contribution in [3.63, 3.8) is 0 Å². The molecule has 0 bridgehead atoms. The number of methoxy groups -OCH3 is 2. The average molecular weight is 488 g/mol. The molecule has 5 rings (SSSR count). The number of benzene rings is 2. The summed E-state index contributed by atoms with van der Waals surface area (Å²) < 4.78 is 11.7. The molecule has 36 heavy (non-hydrogen) atoms. The van der Waals surface area contributed by atoms with Gasteiger partial charge in [0.1, 0.15) is 11.6 Å². The van der Waals surface area contributed by atoms with E-state index in [1.165, 1.54) is 5.56 Å². The predicted octanol–water partition coefficient (Wildman–Crippen LogP) is 3.77. The summed E-state index contributed by atoms with van der Waals surface area (Å²) in [5.74, 6) is 3.22. The molecule has 3 heterocycles. The molecule has 0 aliphatic carbocycles. The number of nitrogens with two attached hydrogens (primary N) is 1. The zero-order valence-corrected chi connectivity index (χ0v) is 21.0. The standard InChI is InChI=1S/C27H33N7O2/c1-29-26-32-20-15-21(35-2)24(36-3)19(23(20)25(28)33-26)16-27(18-7-5-4-6-8-18)9-13-34(14-10-27)17-22-30-11-12-31-22/h4-8,11-12,15H,9-10,13-14,16-17H2,1-3H3,(H,30,31)(H3,28,29,32,33). The van der Waals surface area contributed by atoms with E-state index >= 15 is 0 Å². The third-order valence-corrected chi connectivity index (χ3v) is 7.32. The number of piperidine rings is 1. The fraction of sp³-hybridized carbons (Fsp3) is 0.370. The first kappa shape index (κ1) is 23.9. The molecule has 1 saturated heterocycles. The van der Waals surface area contributed by atoms with Crippen molar-refractivity contribution in [3.8, 4) is 11.5 Å². The van der Waals surface area contributed by atoms with Crippen LogP contribution in [0, 0.1) is 0 Å². The van der Waals surface area contributed by atoms with Gasteiger partial charge < -0.3 is 25.5 Å². The quantitative estimate of drug-likeness (QED) is 0.344. The van der Waals surface area contributed by atoms with Crippen LogP contribution in [-0.4, -0.2) is 59.2 Å². The Balaban J connectivity index is 1.59. The SMILES string of the molecule is CNc1nc(N)c2c(CC3(c4ccccc4)CCN(Cc4ncc[nH]4)CC3)c(OC)c(OC)cc2n1. The number of H-pyrrole nitrogens is 1. The summed E-state index contributed by atoms with van der Waals surface area (Å²) in [6.45, 7) is 2.72. The minimum Gasteiger partial charge on any atom is -0.493 e.